The van der Waals surface area contributed by atoms with Crippen LogP contribution in [0.25, 0.3) is 0 Å². The van der Waals surface area contributed by atoms with E-state index in [0.29, 0.717) is 6.04 Å². The van der Waals surface area contributed by atoms with Crippen LogP contribution in [0.3, 0.4) is 0 Å². The van der Waals surface area contributed by atoms with Gasteiger partial charge in [-0.3, -0.25) is 0 Å². The fraction of sp³-hybridized carbons (Fsp3) is 0.600. The third kappa shape index (κ3) is 4.18. The van der Waals surface area contributed by atoms with Crippen molar-refractivity contribution in [1.82, 2.24) is 10.2 Å². The van der Waals surface area contributed by atoms with E-state index < -0.39 is 0 Å². The summed E-state index contributed by atoms with van der Waals surface area (Å²) in [7, 11) is 4.16. The van der Waals surface area contributed by atoms with Gasteiger partial charge in [-0.15, -0.1) is 0 Å². The van der Waals surface area contributed by atoms with E-state index in [1.165, 1.54) is 0 Å². The number of likely N-dealkylation sites (N-methyl/N-ethyl adjacent to an activating group) is 1. The van der Waals surface area contributed by atoms with Gasteiger partial charge in [0.25, 0.3) is 0 Å². The molecule has 3 nitrogen and oxygen atoms in total. The number of ether oxygens (including phenoxy) is 1. The molecule has 2 unspecified atom stereocenters. The lowest BCUT2D eigenvalue weighted by Gasteiger charge is -2.26. The molecule has 20 heavy (non-hydrogen) atoms. The monoisotopic (exact) mass is 360 g/mol. The molecule has 112 valence electrons. The fourth-order valence-corrected chi connectivity index (χ4v) is 3.43. The Bertz CT molecular complexity index is 438. The Morgan fingerprint density at radius 3 is 2.95 bits per heavy atom. The Morgan fingerprint density at radius 1 is 1.55 bits per heavy atom. The molecule has 0 bridgehead atoms. The topological polar surface area (TPSA) is 24.5 Å². The number of nitrogens with one attached hydrogen (secondary N) is 1. The normalized spacial score (nSPS) is 20.6. The molecule has 0 amide bonds. The molecule has 1 N–H and O–H groups in total. The van der Waals surface area contributed by atoms with Crippen molar-refractivity contribution < 1.29 is 4.74 Å². The summed E-state index contributed by atoms with van der Waals surface area (Å²) in [6.07, 6.45) is 2.17. The number of hydrogen-bond acceptors (Lipinski definition) is 3. The molecule has 1 heterocycles. The summed E-state index contributed by atoms with van der Waals surface area (Å²) >= 11 is 9.79. The Morgan fingerprint density at radius 2 is 2.35 bits per heavy atom. The van der Waals surface area contributed by atoms with Gasteiger partial charge in [-0.05, 0) is 44.6 Å². The first kappa shape index (κ1) is 16.2. The fourth-order valence-electron chi connectivity index (χ4n) is 2.62. The highest BCUT2D eigenvalue weighted by Crippen LogP contribution is 2.28. The highest BCUT2D eigenvalue weighted by molar-refractivity contribution is 9.10. The van der Waals surface area contributed by atoms with Gasteiger partial charge in [0.2, 0.25) is 0 Å². The zero-order valence-corrected chi connectivity index (χ0v) is 14.4. The van der Waals surface area contributed by atoms with E-state index in [9.17, 15) is 0 Å². The molecule has 2 atom stereocenters. The summed E-state index contributed by atoms with van der Waals surface area (Å²) in [4.78, 5) is 2.39. The van der Waals surface area contributed by atoms with E-state index >= 15 is 0 Å². The van der Waals surface area contributed by atoms with Crippen LogP contribution < -0.4 is 5.32 Å². The van der Waals surface area contributed by atoms with Crippen LogP contribution in [0.2, 0.25) is 5.02 Å². The van der Waals surface area contributed by atoms with E-state index in [1.54, 1.807) is 0 Å². The smallest absolute Gasteiger partial charge is 0.0622 e. The Kier molecular flexibility index (Phi) is 6.30. The van der Waals surface area contributed by atoms with Crippen molar-refractivity contribution in [3.63, 3.8) is 0 Å². The molecule has 2 rings (SSSR count). The van der Waals surface area contributed by atoms with Gasteiger partial charge in [0.05, 0.1) is 6.61 Å². The van der Waals surface area contributed by atoms with Crippen molar-refractivity contribution in [1.29, 1.82) is 0 Å². The molecular formula is C15H22BrClN2O. The van der Waals surface area contributed by atoms with Crippen molar-refractivity contribution in [3.05, 3.63) is 33.3 Å². The van der Waals surface area contributed by atoms with Gasteiger partial charge >= 0.3 is 0 Å². The van der Waals surface area contributed by atoms with E-state index in [-0.39, 0.29) is 6.04 Å². The van der Waals surface area contributed by atoms with Crippen LogP contribution >= 0.6 is 27.5 Å². The van der Waals surface area contributed by atoms with Gasteiger partial charge < -0.3 is 15.0 Å². The van der Waals surface area contributed by atoms with Crippen molar-refractivity contribution >= 4 is 27.5 Å². The quantitative estimate of drug-likeness (QED) is 0.839. The van der Waals surface area contributed by atoms with Gasteiger partial charge in [0, 0.05) is 34.7 Å². The number of halogens is 2. The summed E-state index contributed by atoms with van der Waals surface area (Å²) in [5.74, 6) is 0. The average molecular weight is 362 g/mol. The molecule has 1 saturated heterocycles. The third-order valence-corrected chi connectivity index (χ3v) is 4.81. The molecule has 1 aliphatic rings. The molecule has 0 spiro atoms. The van der Waals surface area contributed by atoms with Crippen molar-refractivity contribution in [2.45, 2.75) is 24.9 Å². The Balaban J connectivity index is 1.94. The average Bonchev–Trinajstić information content (AvgIpc) is 2.95. The zero-order valence-electron chi connectivity index (χ0n) is 12.0. The molecule has 0 radical (unpaired) electrons. The minimum absolute atomic E-state index is 0.278. The second-order valence-corrected chi connectivity index (χ2v) is 6.62. The first-order valence-corrected chi connectivity index (χ1v) is 8.19. The molecule has 0 aliphatic carbocycles. The molecule has 1 aliphatic heterocycles. The van der Waals surface area contributed by atoms with Gasteiger partial charge in [0.15, 0.2) is 0 Å². The van der Waals surface area contributed by atoms with Crippen LogP contribution in [-0.4, -0.2) is 44.8 Å². The zero-order chi connectivity index (χ0) is 14.5. The van der Waals surface area contributed by atoms with Crippen molar-refractivity contribution in [2.75, 3.05) is 33.9 Å². The van der Waals surface area contributed by atoms with Gasteiger partial charge in [0.1, 0.15) is 0 Å². The van der Waals surface area contributed by atoms with Crippen LogP contribution in [-0.2, 0) is 4.74 Å². The standard InChI is InChI=1S/C15H22BrClN2O/c1-18-15(13-4-3-11(16)9-14(13)17)5-7-19(2)12-6-8-20-10-12/h3-4,9,12,15,18H,5-8,10H2,1-2H3. The number of rotatable bonds is 6. The third-order valence-electron chi connectivity index (χ3n) is 3.99. The van der Waals surface area contributed by atoms with Crippen molar-refractivity contribution in [2.24, 2.45) is 0 Å². The maximum Gasteiger partial charge on any atom is 0.0622 e. The highest BCUT2D eigenvalue weighted by Gasteiger charge is 2.21. The van der Waals surface area contributed by atoms with E-state index in [2.05, 4.69) is 39.3 Å². The van der Waals surface area contributed by atoms with Crippen molar-refractivity contribution in [3.8, 4) is 0 Å². The second kappa shape index (κ2) is 7.76. The van der Waals surface area contributed by atoms with Crippen LogP contribution in [0.4, 0.5) is 0 Å². The molecule has 1 aromatic rings. The summed E-state index contributed by atoms with van der Waals surface area (Å²) in [5, 5.41) is 4.18. The second-order valence-electron chi connectivity index (χ2n) is 5.29. The van der Waals surface area contributed by atoms with Crippen LogP contribution in [0.5, 0.6) is 0 Å². The summed E-state index contributed by atoms with van der Waals surface area (Å²) in [6.45, 7) is 2.79. The van der Waals surface area contributed by atoms with E-state index in [0.717, 1.165) is 47.7 Å². The molecule has 0 aromatic heterocycles. The largest absolute Gasteiger partial charge is 0.380 e. The van der Waals surface area contributed by atoms with Gasteiger partial charge in [-0.1, -0.05) is 33.6 Å². The highest BCUT2D eigenvalue weighted by atomic mass is 79.9. The predicted octanol–water partition coefficient (Wildman–Crippen LogP) is 3.47. The minimum Gasteiger partial charge on any atom is -0.380 e. The lowest BCUT2D eigenvalue weighted by Crippen LogP contribution is -2.34. The number of benzene rings is 1. The van der Waals surface area contributed by atoms with E-state index in [1.807, 2.05) is 19.2 Å². The summed E-state index contributed by atoms with van der Waals surface area (Å²) in [6, 6.07) is 6.93. The number of nitrogens with zero attached hydrogens (tertiary/aromatic N) is 1. The predicted molar refractivity (Wildman–Crippen MR) is 87.4 cm³/mol. The van der Waals surface area contributed by atoms with Gasteiger partial charge in [-0.25, -0.2) is 0 Å². The van der Waals surface area contributed by atoms with Gasteiger partial charge in [-0.2, -0.15) is 0 Å². The maximum absolute atomic E-state index is 6.34. The summed E-state index contributed by atoms with van der Waals surface area (Å²) < 4.78 is 6.46. The minimum atomic E-state index is 0.278. The molecule has 5 heteroatoms. The first-order chi connectivity index (χ1) is 9.61. The molecule has 0 saturated carbocycles. The Labute approximate surface area is 134 Å². The molecular weight excluding hydrogens is 340 g/mol. The van der Waals surface area contributed by atoms with Crippen LogP contribution in [0, 0.1) is 0 Å². The maximum atomic E-state index is 6.34. The molecule has 1 aromatic carbocycles. The SMILES string of the molecule is CNC(CCN(C)C1CCOC1)c1ccc(Br)cc1Cl. The van der Waals surface area contributed by atoms with Crippen LogP contribution in [0.15, 0.2) is 22.7 Å². The lowest BCUT2D eigenvalue weighted by atomic mass is 10.0. The number of hydrogen-bond donors (Lipinski definition) is 1. The summed E-state index contributed by atoms with van der Waals surface area (Å²) in [5.41, 5.74) is 1.16. The Hall–Kier alpha value is -0.130. The van der Waals surface area contributed by atoms with E-state index in [4.69, 9.17) is 16.3 Å². The first-order valence-electron chi connectivity index (χ1n) is 7.02. The molecule has 1 fully saturated rings. The lowest BCUT2D eigenvalue weighted by molar-refractivity contribution is 0.157. The van der Waals surface area contributed by atoms with Crippen LogP contribution in [0.1, 0.15) is 24.4 Å².